The van der Waals surface area contributed by atoms with E-state index in [4.69, 9.17) is 0 Å². The Morgan fingerprint density at radius 2 is 1.86 bits per heavy atom. The number of Topliss-reactive ketones (excluding diaryl/α,β-unsaturated/α-hetero) is 2. The van der Waals surface area contributed by atoms with Crippen molar-refractivity contribution in [1.82, 2.24) is 4.90 Å². The molecule has 1 aliphatic carbocycles. The Kier molecular flexibility index (Phi) is 1.78. The lowest BCUT2D eigenvalue weighted by molar-refractivity contribution is -0.144. The van der Waals surface area contributed by atoms with Gasteiger partial charge in [0.25, 0.3) is 0 Å². The Hall–Kier alpha value is -0.700. The van der Waals surface area contributed by atoms with E-state index in [0.29, 0.717) is 18.3 Å². The maximum absolute atomic E-state index is 11.8. The normalized spacial score (nSPS) is 46.6. The second-order valence-electron chi connectivity index (χ2n) is 4.87. The van der Waals surface area contributed by atoms with Crippen LogP contribution in [0.5, 0.6) is 0 Å². The van der Waals surface area contributed by atoms with Gasteiger partial charge in [-0.1, -0.05) is 0 Å². The molecule has 3 heteroatoms. The van der Waals surface area contributed by atoms with Crippen LogP contribution in [0.3, 0.4) is 0 Å². The molecule has 2 bridgehead atoms. The molecule has 0 aromatic heterocycles. The first-order chi connectivity index (χ1) is 6.75. The Morgan fingerprint density at radius 3 is 2.57 bits per heavy atom. The van der Waals surface area contributed by atoms with E-state index in [2.05, 4.69) is 4.90 Å². The molecular formula is C11H15NO2. The molecule has 4 fully saturated rings. The quantitative estimate of drug-likeness (QED) is 0.529. The van der Waals surface area contributed by atoms with Crippen LogP contribution >= 0.6 is 0 Å². The fourth-order valence-electron chi connectivity index (χ4n) is 3.51. The molecular weight excluding hydrogens is 178 g/mol. The Balaban J connectivity index is 1.92. The van der Waals surface area contributed by atoms with Gasteiger partial charge in [-0.3, -0.25) is 14.5 Å². The second kappa shape index (κ2) is 2.89. The number of hydrogen-bond acceptors (Lipinski definition) is 3. The Bertz CT molecular complexity index is 292. The minimum Gasteiger partial charge on any atom is -0.299 e. The van der Waals surface area contributed by atoms with E-state index in [-0.39, 0.29) is 24.0 Å². The average molecular weight is 193 g/mol. The molecule has 0 aromatic carbocycles. The first kappa shape index (κ1) is 8.60. The van der Waals surface area contributed by atoms with Gasteiger partial charge in [0.1, 0.15) is 5.78 Å². The van der Waals surface area contributed by atoms with Crippen molar-refractivity contribution in [2.45, 2.75) is 31.7 Å². The van der Waals surface area contributed by atoms with E-state index in [1.165, 1.54) is 12.8 Å². The molecule has 2 unspecified atom stereocenters. The van der Waals surface area contributed by atoms with Crippen LogP contribution in [0.25, 0.3) is 0 Å². The molecule has 0 amide bonds. The lowest BCUT2D eigenvalue weighted by Gasteiger charge is -2.51. The lowest BCUT2D eigenvalue weighted by Crippen LogP contribution is -2.60. The smallest absolute Gasteiger partial charge is 0.157 e. The number of carbonyl (C=O) groups excluding carboxylic acids is 2. The molecule has 4 rings (SSSR count). The first-order valence-corrected chi connectivity index (χ1v) is 5.54. The van der Waals surface area contributed by atoms with E-state index < -0.39 is 0 Å². The maximum atomic E-state index is 11.8. The third-order valence-electron chi connectivity index (χ3n) is 4.14. The molecule has 0 radical (unpaired) electrons. The Morgan fingerprint density at radius 1 is 1.14 bits per heavy atom. The molecule has 1 saturated carbocycles. The molecule has 3 heterocycles. The summed E-state index contributed by atoms with van der Waals surface area (Å²) in [7, 11) is 0. The fraction of sp³-hybridized carbons (Fsp3) is 0.818. The van der Waals surface area contributed by atoms with Gasteiger partial charge in [-0.05, 0) is 37.8 Å². The lowest BCUT2D eigenvalue weighted by atomic mass is 9.67. The SMILES string of the molecule is O=C1CC(=O)C2C(C1)C1CCN2CC1. The Labute approximate surface area is 83.5 Å². The zero-order valence-electron chi connectivity index (χ0n) is 8.24. The molecule has 2 atom stereocenters. The molecule has 3 aliphatic heterocycles. The number of piperidine rings is 3. The summed E-state index contributed by atoms with van der Waals surface area (Å²) in [6, 6.07) is 0.111. The van der Waals surface area contributed by atoms with Gasteiger partial charge in [0.15, 0.2) is 5.78 Å². The highest BCUT2D eigenvalue weighted by molar-refractivity contribution is 6.04. The minimum absolute atomic E-state index is 0.111. The summed E-state index contributed by atoms with van der Waals surface area (Å²) in [4.78, 5) is 25.4. The van der Waals surface area contributed by atoms with Crippen LogP contribution in [0.1, 0.15) is 25.7 Å². The number of carbonyl (C=O) groups is 2. The molecule has 4 aliphatic rings. The van der Waals surface area contributed by atoms with Crippen LogP contribution in [0, 0.1) is 11.8 Å². The van der Waals surface area contributed by atoms with Crippen LogP contribution in [0.4, 0.5) is 0 Å². The molecule has 3 nitrogen and oxygen atoms in total. The van der Waals surface area contributed by atoms with Crippen LogP contribution in [0.15, 0.2) is 0 Å². The van der Waals surface area contributed by atoms with Crippen molar-refractivity contribution in [2.75, 3.05) is 13.1 Å². The van der Waals surface area contributed by atoms with Gasteiger partial charge < -0.3 is 0 Å². The van der Waals surface area contributed by atoms with Gasteiger partial charge in [0, 0.05) is 6.42 Å². The van der Waals surface area contributed by atoms with Crippen molar-refractivity contribution in [3.05, 3.63) is 0 Å². The van der Waals surface area contributed by atoms with Gasteiger partial charge in [-0.25, -0.2) is 0 Å². The van der Waals surface area contributed by atoms with Crippen molar-refractivity contribution in [2.24, 2.45) is 11.8 Å². The summed E-state index contributed by atoms with van der Waals surface area (Å²) in [6.07, 6.45) is 3.26. The zero-order chi connectivity index (χ0) is 9.71. The van der Waals surface area contributed by atoms with Crippen LogP contribution in [-0.4, -0.2) is 35.6 Å². The van der Waals surface area contributed by atoms with Crippen LogP contribution in [0.2, 0.25) is 0 Å². The highest BCUT2D eigenvalue weighted by Crippen LogP contribution is 2.41. The van der Waals surface area contributed by atoms with Gasteiger partial charge in [-0.2, -0.15) is 0 Å². The van der Waals surface area contributed by atoms with Crippen LogP contribution in [-0.2, 0) is 9.59 Å². The zero-order valence-corrected chi connectivity index (χ0v) is 8.24. The predicted octanol–water partition coefficient (Wildman–Crippen LogP) is 0.629. The number of hydrogen-bond donors (Lipinski definition) is 0. The highest BCUT2D eigenvalue weighted by Gasteiger charge is 2.48. The molecule has 0 aromatic rings. The number of rotatable bonds is 0. The predicted molar refractivity (Wildman–Crippen MR) is 50.8 cm³/mol. The number of fused-ring (bicyclic) bond motifs is 2. The first-order valence-electron chi connectivity index (χ1n) is 5.54. The summed E-state index contributed by atoms with van der Waals surface area (Å²) >= 11 is 0. The molecule has 0 spiro atoms. The second-order valence-corrected chi connectivity index (χ2v) is 4.87. The standard InChI is InChI=1S/C11H15NO2/c13-8-5-9-7-1-3-12(4-2-7)11(9)10(14)6-8/h7,9,11H,1-6H2. The van der Waals surface area contributed by atoms with E-state index in [9.17, 15) is 9.59 Å². The third kappa shape index (κ3) is 1.08. The monoisotopic (exact) mass is 193 g/mol. The van der Waals surface area contributed by atoms with E-state index in [1.807, 2.05) is 0 Å². The molecule has 0 N–H and O–H groups in total. The van der Waals surface area contributed by atoms with Gasteiger partial charge in [0.05, 0.1) is 12.5 Å². The topological polar surface area (TPSA) is 37.4 Å². The van der Waals surface area contributed by atoms with E-state index >= 15 is 0 Å². The van der Waals surface area contributed by atoms with Gasteiger partial charge in [0.2, 0.25) is 0 Å². The van der Waals surface area contributed by atoms with Gasteiger partial charge in [-0.15, -0.1) is 0 Å². The minimum atomic E-state index is 0.111. The van der Waals surface area contributed by atoms with Crippen LogP contribution < -0.4 is 0 Å². The van der Waals surface area contributed by atoms with Crippen molar-refractivity contribution in [3.63, 3.8) is 0 Å². The van der Waals surface area contributed by atoms with Crippen molar-refractivity contribution in [3.8, 4) is 0 Å². The summed E-state index contributed by atoms with van der Waals surface area (Å²) in [5, 5.41) is 0. The average Bonchev–Trinajstić information content (AvgIpc) is 2.18. The summed E-state index contributed by atoms with van der Waals surface area (Å²) in [5.74, 6) is 1.38. The molecule has 76 valence electrons. The maximum Gasteiger partial charge on any atom is 0.157 e. The summed E-state index contributed by atoms with van der Waals surface area (Å²) in [5.41, 5.74) is 0. The number of nitrogens with zero attached hydrogens (tertiary/aromatic N) is 1. The largest absolute Gasteiger partial charge is 0.299 e. The van der Waals surface area contributed by atoms with Gasteiger partial charge >= 0.3 is 0 Å². The van der Waals surface area contributed by atoms with Crippen molar-refractivity contribution >= 4 is 11.6 Å². The molecule has 14 heavy (non-hydrogen) atoms. The third-order valence-corrected chi connectivity index (χ3v) is 4.14. The van der Waals surface area contributed by atoms with Crippen molar-refractivity contribution in [1.29, 1.82) is 0 Å². The summed E-state index contributed by atoms with van der Waals surface area (Å²) < 4.78 is 0. The van der Waals surface area contributed by atoms with Crippen molar-refractivity contribution < 1.29 is 9.59 Å². The highest BCUT2D eigenvalue weighted by atomic mass is 16.2. The van der Waals surface area contributed by atoms with E-state index in [0.717, 1.165) is 13.1 Å². The fourth-order valence-corrected chi connectivity index (χ4v) is 3.51. The summed E-state index contributed by atoms with van der Waals surface area (Å²) in [6.45, 7) is 2.15. The molecule has 3 saturated heterocycles. The van der Waals surface area contributed by atoms with E-state index in [1.54, 1.807) is 0 Å². The number of ketones is 2.